The Labute approximate surface area is 124 Å². The second-order valence-corrected chi connectivity index (χ2v) is 4.51. The second kappa shape index (κ2) is 8.84. The molecule has 0 fully saturated rings. The average Bonchev–Trinajstić information content (AvgIpc) is 2.49. The minimum Gasteiger partial charge on any atom is -0.550 e. The van der Waals surface area contributed by atoms with E-state index in [1.54, 1.807) is 18.2 Å². The van der Waals surface area contributed by atoms with E-state index in [4.69, 9.17) is 9.47 Å². The molecule has 21 heavy (non-hydrogen) atoms. The second-order valence-electron chi connectivity index (χ2n) is 4.51. The number of carboxylic acids is 1. The van der Waals surface area contributed by atoms with Crippen LogP contribution in [0.25, 0.3) is 0 Å². The summed E-state index contributed by atoms with van der Waals surface area (Å²) in [6.07, 6.45) is 2.09. The Kier molecular flexibility index (Phi) is 7.08. The van der Waals surface area contributed by atoms with Crippen LogP contribution in [0.2, 0.25) is 0 Å². The van der Waals surface area contributed by atoms with Crippen LogP contribution in [0.15, 0.2) is 18.2 Å². The minimum atomic E-state index is -1.04. The minimum absolute atomic E-state index is 0.0592. The number of carbonyl (C=O) groups is 2. The Bertz CT molecular complexity index is 487. The lowest BCUT2D eigenvalue weighted by molar-refractivity contribution is -0.305. The van der Waals surface area contributed by atoms with Gasteiger partial charge in [0.15, 0.2) is 11.5 Å². The third-order valence-electron chi connectivity index (χ3n) is 2.99. The number of unbranched alkanes of at least 4 members (excludes halogenated alkanes) is 2. The first-order valence-corrected chi connectivity index (χ1v) is 6.78. The van der Waals surface area contributed by atoms with Crippen molar-refractivity contribution in [1.82, 2.24) is 5.32 Å². The molecule has 0 aromatic heterocycles. The molecule has 0 saturated heterocycles. The predicted molar refractivity (Wildman–Crippen MR) is 75.4 cm³/mol. The van der Waals surface area contributed by atoms with Crippen molar-refractivity contribution in [3.63, 3.8) is 0 Å². The molecule has 6 heteroatoms. The van der Waals surface area contributed by atoms with Gasteiger partial charge in [-0.2, -0.15) is 0 Å². The van der Waals surface area contributed by atoms with Crippen LogP contribution >= 0.6 is 0 Å². The van der Waals surface area contributed by atoms with Gasteiger partial charge < -0.3 is 24.7 Å². The summed E-state index contributed by atoms with van der Waals surface area (Å²) in [7, 11) is 3.04. The van der Waals surface area contributed by atoms with E-state index in [-0.39, 0.29) is 12.3 Å². The number of rotatable bonds is 9. The van der Waals surface area contributed by atoms with Crippen LogP contribution in [0.3, 0.4) is 0 Å². The summed E-state index contributed by atoms with van der Waals surface area (Å²) < 4.78 is 10.2. The maximum absolute atomic E-state index is 11.9. The molecule has 0 heterocycles. The molecule has 1 rings (SSSR count). The molecule has 0 bridgehead atoms. The standard InChI is InChI=1S/C15H21NO5/c1-20-12-8-7-11(10-13(12)21-2)15(19)16-9-5-3-4-6-14(17)18/h7-8,10H,3-6,9H2,1-2H3,(H,16,19)(H,17,18)/p-1. The van der Waals surface area contributed by atoms with Gasteiger partial charge in [0.25, 0.3) is 5.91 Å². The zero-order valence-corrected chi connectivity index (χ0v) is 12.3. The summed E-state index contributed by atoms with van der Waals surface area (Å²) in [5.74, 6) is -0.171. The van der Waals surface area contributed by atoms with Crippen LogP contribution in [-0.2, 0) is 4.79 Å². The van der Waals surface area contributed by atoms with Gasteiger partial charge >= 0.3 is 0 Å². The van der Waals surface area contributed by atoms with E-state index in [9.17, 15) is 14.7 Å². The number of hydrogen-bond donors (Lipinski definition) is 1. The van der Waals surface area contributed by atoms with Gasteiger partial charge in [-0.05, 0) is 37.5 Å². The lowest BCUT2D eigenvalue weighted by Crippen LogP contribution is -2.24. The summed E-state index contributed by atoms with van der Waals surface area (Å²) in [6.45, 7) is 0.500. The predicted octanol–water partition coefficient (Wildman–Crippen LogP) is 0.744. The maximum atomic E-state index is 11.9. The number of nitrogens with one attached hydrogen (secondary N) is 1. The molecule has 1 aromatic carbocycles. The van der Waals surface area contributed by atoms with E-state index in [0.29, 0.717) is 30.0 Å². The molecule has 0 aliphatic rings. The monoisotopic (exact) mass is 294 g/mol. The van der Waals surface area contributed by atoms with Gasteiger partial charge in [0.05, 0.1) is 14.2 Å². The van der Waals surface area contributed by atoms with Crippen LogP contribution in [-0.4, -0.2) is 32.6 Å². The summed E-state index contributed by atoms with van der Waals surface area (Å²) in [4.78, 5) is 22.2. The topological polar surface area (TPSA) is 87.7 Å². The molecular formula is C15H20NO5-. The van der Waals surface area contributed by atoms with E-state index in [1.807, 2.05) is 0 Å². The van der Waals surface area contributed by atoms with Crippen LogP contribution in [0.1, 0.15) is 36.0 Å². The van der Waals surface area contributed by atoms with E-state index in [0.717, 1.165) is 12.8 Å². The van der Waals surface area contributed by atoms with E-state index in [2.05, 4.69) is 5.32 Å². The highest BCUT2D eigenvalue weighted by Gasteiger charge is 2.10. The fraction of sp³-hybridized carbons (Fsp3) is 0.467. The largest absolute Gasteiger partial charge is 0.550 e. The lowest BCUT2D eigenvalue weighted by atomic mass is 10.1. The van der Waals surface area contributed by atoms with Gasteiger partial charge in [0, 0.05) is 18.1 Å². The van der Waals surface area contributed by atoms with Gasteiger partial charge in [-0.15, -0.1) is 0 Å². The molecule has 1 amide bonds. The summed E-state index contributed by atoms with van der Waals surface area (Å²) in [5, 5.41) is 13.0. The SMILES string of the molecule is COc1ccc(C(=O)NCCCCCC(=O)[O-])cc1OC. The molecule has 0 atom stereocenters. The van der Waals surface area contributed by atoms with Crippen molar-refractivity contribution in [3.8, 4) is 11.5 Å². The van der Waals surface area contributed by atoms with Gasteiger partial charge in [-0.3, -0.25) is 4.79 Å². The molecule has 6 nitrogen and oxygen atoms in total. The normalized spacial score (nSPS) is 10.0. The third-order valence-corrected chi connectivity index (χ3v) is 2.99. The van der Waals surface area contributed by atoms with Crippen LogP contribution in [0.5, 0.6) is 11.5 Å². The van der Waals surface area contributed by atoms with E-state index in [1.165, 1.54) is 14.2 Å². The fourth-order valence-corrected chi connectivity index (χ4v) is 1.85. The Hall–Kier alpha value is -2.24. The Morgan fingerprint density at radius 2 is 1.81 bits per heavy atom. The molecule has 1 N–H and O–H groups in total. The zero-order valence-electron chi connectivity index (χ0n) is 12.3. The Balaban J connectivity index is 2.40. The highest BCUT2D eigenvalue weighted by molar-refractivity contribution is 5.94. The highest BCUT2D eigenvalue weighted by Crippen LogP contribution is 2.27. The van der Waals surface area contributed by atoms with Gasteiger partial charge in [0.2, 0.25) is 0 Å². The lowest BCUT2D eigenvalue weighted by Gasteiger charge is -2.10. The molecule has 0 aliphatic carbocycles. The third kappa shape index (κ3) is 5.72. The number of methoxy groups -OCH3 is 2. The molecule has 0 unspecified atom stereocenters. The summed E-state index contributed by atoms with van der Waals surface area (Å²) in [5.41, 5.74) is 0.488. The highest BCUT2D eigenvalue weighted by atomic mass is 16.5. The molecule has 0 radical (unpaired) electrons. The first kappa shape index (κ1) is 16.8. The molecule has 0 spiro atoms. The summed E-state index contributed by atoms with van der Waals surface area (Å²) >= 11 is 0. The van der Waals surface area contributed by atoms with Gasteiger partial charge in [-0.1, -0.05) is 6.42 Å². The number of benzene rings is 1. The van der Waals surface area contributed by atoms with Crippen molar-refractivity contribution in [2.24, 2.45) is 0 Å². The van der Waals surface area contributed by atoms with Crippen molar-refractivity contribution in [2.45, 2.75) is 25.7 Å². The van der Waals surface area contributed by atoms with Crippen molar-refractivity contribution < 1.29 is 24.2 Å². The van der Waals surface area contributed by atoms with Crippen molar-refractivity contribution in [3.05, 3.63) is 23.8 Å². The molecular weight excluding hydrogens is 274 g/mol. The zero-order chi connectivity index (χ0) is 15.7. The fourth-order valence-electron chi connectivity index (χ4n) is 1.85. The molecule has 1 aromatic rings. The van der Waals surface area contributed by atoms with Crippen molar-refractivity contribution in [1.29, 1.82) is 0 Å². The van der Waals surface area contributed by atoms with E-state index >= 15 is 0 Å². The number of amides is 1. The van der Waals surface area contributed by atoms with Gasteiger partial charge in [-0.25, -0.2) is 0 Å². The van der Waals surface area contributed by atoms with E-state index < -0.39 is 5.97 Å². The number of carbonyl (C=O) groups excluding carboxylic acids is 2. The quantitative estimate of drug-likeness (QED) is 0.679. The van der Waals surface area contributed by atoms with Gasteiger partial charge in [0.1, 0.15) is 0 Å². The van der Waals surface area contributed by atoms with Crippen LogP contribution < -0.4 is 19.9 Å². The summed E-state index contributed by atoms with van der Waals surface area (Å²) in [6, 6.07) is 4.95. The molecule has 0 saturated carbocycles. The number of hydrogen-bond acceptors (Lipinski definition) is 5. The number of aliphatic carboxylic acids is 1. The first-order chi connectivity index (χ1) is 10.1. The number of ether oxygens (including phenoxy) is 2. The molecule has 116 valence electrons. The molecule has 0 aliphatic heterocycles. The number of carboxylic acid groups (broad SMARTS) is 1. The van der Waals surface area contributed by atoms with Crippen molar-refractivity contribution >= 4 is 11.9 Å². The maximum Gasteiger partial charge on any atom is 0.251 e. The Morgan fingerprint density at radius 1 is 1.10 bits per heavy atom. The Morgan fingerprint density at radius 3 is 2.43 bits per heavy atom. The first-order valence-electron chi connectivity index (χ1n) is 6.78. The van der Waals surface area contributed by atoms with Crippen LogP contribution in [0, 0.1) is 0 Å². The average molecular weight is 294 g/mol. The van der Waals surface area contributed by atoms with Crippen LogP contribution in [0.4, 0.5) is 0 Å². The smallest absolute Gasteiger partial charge is 0.251 e. The van der Waals surface area contributed by atoms with Crippen molar-refractivity contribution in [2.75, 3.05) is 20.8 Å².